The number of sulfonamides is 1. The van der Waals surface area contributed by atoms with Gasteiger partial charge in [-0.3, -0.25) is 4.79 Å². The highest BCUT2D eigenvalue weighted by atomic mass is 32.2. The zero-order chi connectivity index (χ0) is 19.4. The molecular weight excluding hydrogens is 368 g/mol. The Labute approximate surface area is 159 Å². The van der Waals surface area contributed by atoms with E-state index >= 15 is 0 Å². The normalized spacial score (nSPS) is 15.7. The van der Waals surface area contributed by atoms with E-state index in [4.69, 9.17) is 0 Å². The van der Waals surface area contributed by atoms with Crippen LogP contribution < -0.4 is 5.32 Å². The smallest absolute Gasteiger partial charge is 0.243 e. The first-order chi connectivity index (χ1) is 12.9. The van der Waals surface area contributed by atoms with Gasteiger partial charge in [0, 0.05) is 32.6 Å². The number of fused-ring (bicyclic) bond motifs is 1. The van der Waals surface area contributed by atoms with Crippen LogP contribution in [0, 0.1) is 0 Å². The number of rotatable bonds is 8. The number of likely N-dealkylation sites (N-methyl/N-ethyl adjacent to an activating group) is 1. The lowest BCUT2D eigenvalue weighted by molar-refractivity contribution is -0.121. The molecule has 0 unspecified atom stereocenters. The Balaban J connectivity index is 1.66. The molecule has 1 aromatic heterocycles. The van der Waals surface area contributed by atoms with Crippen molar-refractivity contribution in [3.63, 3.8) is 0 Å². The standard InChI is InChI=1S/C17H26N6O3S/c1-21(2)12-8-18-17(24)7-11-23-16-6-5-14(13-15(16)19-20-23)27(25,26)22-9-3-4-10-22/h5-6,13H,3-4,7-12H2,1-2H3,(H,18,24). The molecule has 9 nitrogen and oxygen atoms in total. The summed E-state index contributed by atoms with van der Waals surface area (Å²) in [6.45, 7) is 2.91. The quantitative estimate of drug-likeness (QED) is 0.690. The Morgan fingerprint density at radius 3 is 2.70 bits per heavy atom. The molecule has 1 amide bonds. The van der Waals surface area contributed by atoms with Gasteiger partial charge in [-0.1, -0.05) is 5.21 Å². The number of hydrogen-bond acceptors (Lipinski definition) is 6. The molecule has 0 atom stereocenters. The minimum atomic E-state index is -3.48. The molecule has 0 spiro atoms. The van der Waals surface area contributed by atoms with Gasteiger partial charge in [-0.15, -0.1) is 5.10 Å². The average molecular weight is 395 g/mol. The molecule has 2 heterocycles. The van der Waals surface area contributed by atoms with E-state index in [1.807, 2.05) is 19.0 Å². The Bertz CT molecular complexity index is 903. The van der Waals surface area contributed by atoms with Crippen molar-refractivity contribution in [3.8, 4) is 0 Å². The number of nitrogens with zero attached hydrogens (tertiary/aromatic N) is 5. The van der Waals surface area contributed by atoms with Crippen LogP contribution in [-0.4, -0.2) is 78.8 Å². The van der Waals surface area contributed by atoms with Crippen molar-refractivity contribution >= 4 is 27.0 Å². The van der Waals surface area contributed by atoms with E-state index in [0.717, 1.165) is 24.9 Å². The number of aromatic nitrogens is 3. The maximum atomic E-state index is 12.7. The lowest BCUT2D eigenvalue weighted by atomic mass is 10.3. The lowest BCUT2D eigenvalue weighted by Crippen LogP contribution is -2.31. The van der Waals surface area contributed by atoms with Crippen LogP contribution in [0.4, 0.5) is 0 Å². The summed E-state index contributed by atoms with van der Waals surface area (Å²) in [5.74, 6) is -0.0475. The summed E-state index contributed by atoms with van der Waals surface area (Å²) in [6.07, 6.45) is 2.09. The van der Waals surface area contributed by atoms with Crippen molar-refractivity contribution in [2.75, 3.05) is 40.3 Å². The Kier molecular flexibility index (Phi) is 6.08. The molecular formula is C17H26N6O3S. The van der Waals surface area contributed by atoms with Crippen LogP contribution in [0.2, 0.25) is 0 Å². The fourth-order valence-corrected chi connectivity index (χ4v) is 4.61. The summed E-state index contributed by atoms with van der Waals surface area (Å²) in [7, 11) is 0.425. The Morgan fingerprint density at radius 1 is 1.26 bits per heavy atom. The first kappa shape index (κ1) is 19.7. The van der Waals surface area contributed by atoms with Crippen molar-refractivity contribution in [2.24, 2.45) is 0 Å². The Morgan fingerprint density at radius 2 is 2.00 bits per heavy atom. The zero-order valence-corrected chi connectivity index (χ0v) is 16.6. The van der Waals surface area contributed by atoms with E-state index in [0.29, 0.717) is 38.1 Å². The van der Waals surface area contributed by atoms with E-state index in [2.05, 4.69) is 15.6 Å². The molecule has 0 aliphatic carbocycles. The van der Waals surface area contributed by atoms with Gasteiger partial charge in [0.1, 0.15) is 5.52 Å². The monoisotopic (exact) mass is 394 g/mol. The fraction of sp³-hybridized carbons (Fsp3) is 0.588. The predicted molar refractivity (Wildman–Crippen MR) is 102 cm³/mol. The molecule has 3 rings (SSSR count). The van der Waals surface area contributed by atoms with Crippen LogP contribution in [-0.2, 0) is 21.4 Å². The molecule has 10 heteroatoms. The van der Waals surface area contributed by atoms with Crippen molar-refractivity contribution in [2.45, 2.75) is 30.7 Å². The number of hydrogen-bond donors (Lipinski definition) is 1. The summed E-state index contributed by atoms with van der Waals surface area (Å²) in [5, 5.41) is 11.0. The molecule has 1 aromatic carbocycles. The van der Waals surface area contributed by atoms with Gasteiger partial charge in [-0.2, -0.15) is 4.31 Å². The average Bonchev–Trinajstić information content (AvgIpc) is 3.29. The lowest BCUT2D eigenvalue weighted by Gasteiger charge is -2.15. The van der Waals surface area contributed by atoms with Crippen LogP contribution in [0.3, 0.4) is 0 Å². The van der Waals surface area contributed by atoms with Gasteiger partial charge in [0.2, 0.25) is 15.9 Å². The second-order valence-corrected chi connectivity index (χ2v) is 8.92. The van der Waals surface area contributed by atoms with Gasteiger partial charge in [-0.25, -0.2) is 13.1 Å². The number of carbonyl (C=O) groups excluding carboxylic acids is 1. The number of benzene rings is 1. The zero-order valence-electron chi connectivity index (χ0n) is 15.8. The maximum Gasteiger partial charge on any atom is 0.243 e. The van der Waals surface area contributed by atoms with Gasteiger partial charge in [0.05, 0.1) is 17.0 Å². The second kappa shape index (κ2) is 8.32. The van der Waals surface area contributed by atoms with Crippen LogP contribution in [0.15, 0.2) is 23.1 Å². The van der Waals surface area contributed by atoms with Crippen LogP contribution >= 0.6 is 0 Å². The third-order valence-electron chi connectivity index (χ3n) is 4.62. The third kappa shape index (κ3) is 4.63. The Hall–Kier alpha value is -2.04. The number of nitrogens with one attached hydrogen (secondary N) is 1. The van der Waals surface area contributed by atoms with E-state index in [9.17, 15) is 13.2 Å². The minimum Gasteiger partial charge on any atom is -0.355 e. The summed E-state index contributed by atoms with van der Waals surface area (Å²) in [4.78, 5) is 14.2. The summed E-state index contributed by atoms with van der Waals surface area (Å²) in [5.41, 5.74) is 1.24. The third-order valence-corrected chi connectivity index (χ3v) is 6.51. The molecule has 2 aromatic rings. The van der Waals surface area contributed by atoms with E-state index < -0.39 is 10.0 Å². The first-order valence-electron chi connectivity index (χ1n) is 9.13. The summed E-state index contributed by atoms with van der Waals surface area (Å²) >= 11 is 0. The highest BCUT2D eigenvalue weighted by Gasteiger charge is 2.27. The molecule has 1 N–H and O–H groups in total. The van der Waals surface area contributed by atoms with Crippen LogP contribution in [0.25, 0.3) is 11.0 Å². The highest BCUT2D eigenvalue weighted by molar-refractivity contribution is 7.89. The number of amides is 1. The molecule has 0 bridgehead atoms. The fourth-order valence-electron chi connectivity index (χ4n) is 3.07. The molecule has 148 valence electrons. The maximum absolute atomic E-state index is 12.7. The number of aryl methyl sites for hydroxylation is 1. The first-order valence-corrected chi connectivity index (χ1v) is 10.6. The molecule has 1 aliphatic rings. The van der Waals surface area contributed by atoms with E-state index in [-0.39, 0.29) is 10.8 Å². The second-order valence-electron chi connectivity index (χ2n) is 6.98. The summed E-state index contributed by atoms with van der Waals surface area (Å²) < 4.78 is 28.5. The van der Waals surface area contributed by atoms with Gasteiger partial charge in [0.25, 0.3) is 0 Å². The highest BCUT2D eigenvalue weighted by Crippen LogP contribution is 2.23. The van der Waals surface area contributed by atoms with E-state index in [1.165, 1.54) is 4.31 Å². The molecule has 0 radical (unpaired) electrons. The van der Waals surface area contributed by atoms with Crippen molar-refractivity contribution in [1.29, 1.82) is 0 Å². The predicted octanol–water partition coefficient (Wildman–Crippen LogP) is 0.284. The van der Waals surface area contributed by atoms with Crippen molar-refractivity contribution in [3.05, 3.63) is 18.2 Å². The SMILES string of the molecule is CN(C)CCNC(=O)CCn1nnc2cc(S(=O)(=O)N3CCCC3)ccc21. The van der Waals surface area contributed by atoms with Gasteiger partial charge >= 0.3 is 0 Å². The van der Waals surface area contributed by atoms with Crippen molar-refractivity contribution in [1.82, 2.24) is 29.5 Å². The minimum absolute atomic E-state index is 0.0475. The topological polar surface area (TPSA) is 100 Å². The van der Waals surface area contributed by atoms with Gasteiger partial charge in [-0.05, 0) is 45.1 Å². The molecule has 1 fully saturated rings. The largest absolute Gasteiger partial charge is 0.355 e. The van der Waals surface area contributed by atoms with Crippen LogP contribution in [0.1, 0.15) is 19.3 Å². The van der Waals surface area contributed by atoms with Crippen molar-refractivity contribution < 1.29 is 13.2 Å². The van der Waals surface area contributed by atoms with Gasteiger partial charge in [0.15, 0.2) is 0 Å². The molecule has 27 heavy (non-hydrogen) atoms. The summed E-state index contributed by atoms with van der Waals surface area (Å²) in [6, 6.07) is 4.86. The molecule has 1 aliphatic heterocycles. The molecule has 0 saturated carbocycles. The van der Waals surface area contributed by atoms with Gasteiger partial charge < -0.3 is 10.2 Å². The van der Waals surface area contributed by atoms with E-state index in [1.54, 1.807) is 22.9 Å². The molecule has 1 saturated heterocycles. The van der Waals surface area contributed by atoms with Crippen LogP contribution in [0.5, 0.6) is 0 Å². The number of carbonyl (C=O) groups is 1.